The molecule has 3 aromatic rings. The molecule has 0 fully saturated rings. The van der Waals surface area contributed by atoms with Crippen LogP contribution in [-0.2, 0) is 13.0 Å². The molecule has 1 aliphatic heterocycles. The molecule has 0 saturated heterocycles. The minimum Gasteiger partial charge on any atom is -0.354 e. The molecule has 1 aromatic carbocycles. The average Bonchev–Trinajstić information content (AvgIpc) is 3.16. The lowest BCUT2D eigenvalue weighted by molar-refractivity contribution is 0.747. The van der Waals surface area contributed by atoms with Gasteiger partial charge < -0.3 is 10.2 Å². The molecule has 2 aromatic heterocycles. The Morgan fingerprint density at radius 2 is 2.03 bits per heavy atom. The Kier molecular flexibility index (Phi) is 4.94. The molecule has 0 amide bonds. The molecule has 7 heteroatoms. The van der Waals surface area contributed by atoms with Gasteiger partial charge in [-0.3, -0.25) is 5.10 Å². The Morgan fingerprint density at radius 1 is 1.14 bits per heavy atom. The van der Waals surface area contributed by atoms with Crippen LogP contribution in [0.4, 0.5) is 11.8 Å². The summed E-state index contributed by atoms with van der Waals surface area (Å²) >= 11 is 6.35. The quantitative estimate of drug-likeness (QED) is 0.628. The van der Waals surface area contributed by atoms with Crippen LogP contribution in [0, 0.1) is 0 Å². The molecule has 29 heavy (non-hydrogen) atoms. The molecular weight excluding hydrogens is 384 g/mol. The first-order chi connectivity index (χ1) is 14.3. The number of benzene rings is 1. The van der Waals surface area contributed by atoms with Crippen LogP contribution in [0.1, 0.15) is 30.5 Å². The maximum absolute atomic E-state index is 6.35. The van der Waals surface area contributed by atoms with Crippen molar-refractivity contribution in [2.45, 2.75) is 32.2 Å². The number of hydrogen-bond donors (Lipinski definition) is 2. The largest absolute Gasteiger partial charge is 0.354 e. The normalized spacial score (nSPS) is 16.0. The number of nitrogens with one attached hydrogen (secondary N) is 2. The fourth-order valence-corrected chi connectivity index (χ4v) is 4.24. The summed E-state index contributed by atoms with van der Waals surface area (Å²) in [4.78, 5) is 11.8. The van der Waals surface area contributed by atoms with Crippen LogP contribution in [0.2, 0.25) is 0 Å². The predicted molar refractivity (Wildman–Crippen MR) is 117 cm³/mol. The number of nitrogens with zero attached hydrogens (tertiary/aromatic N) is 4. The zero-order valence-electron chi connectivity index (χ0n) is 16.2. The molecule has 0 radical (unpaired) electrons. The molecule has 6 nitrogen and oxygen atoms in total. The standard InChI is InChI=1S/C22H23ClN6/c23-17-9-5-4-8-16(17)10-12-24-22-25-20-19-18(27-28-20)11-13-29(21(19)26-22)14-15-6-2-1-3-7-15/h1-4,6-8H,5,9-14H2,(H2,24,25,26,27,28). The molecule has 0 bridgehead atoms. The Balaban J connectivity index is 1.38. The van der Waals surface area contributed by atoms with Crippen molar-refractivity contribution in [3.05, 3.63) is 64.3 Å². The molecule has 0 unspecified atom stereocenters. The van der Waals surface area contributed by atoms with Crippen LogP contribution in [0.3, 0.4) is 0 Å². The van der Waals surface area contributed by atoms with Gasteiger partial charge in [0.2, 0.25) is 5.95 Å². The SMILES string of the molecule is ClC1=C(CCNc2nc3c4c([nH]nc4n2)CCN3Cc2ccccc2)C=CCC1. The number of rotatable bonds is 6. The summed E-state index contributed by atoms with van der Waals surface area (Å²) in [5.74, 6) is 1.56. The Bertz CT molecular complexity index is 1090. The van der Waals surface area contributed by atoms with Gasteiger partial charge in [-0.25, -0.2) is 0 Å². The second-order valence-corrected chi connectivity index (χ2v) is 7.93. The lowest BCUT2D eigenvalue weighted by Gasteiger charge is -2.28. The highest BCUT2D eigenvalue weighted by Gasteiger charge is 2.24. The molecule has 2 N–H and O–H groups in total. The van der Waals surface area contributed by atoms with Crippen molar-refractivity contribution >= 4 is 34.4 Å². The Morgan fingerprint density at radius 3 is 2.90 bits per heavy atom. The first kappa shape index (κ1) is 18.2. The number of hydrogen-bond acceptors (Lipinski definition) is 5. The topological polar surface area (TPSA) is 69.7 Å². The third-order valence-corrected chi connectivity index (χ3v) is 5.92. The second kappa shape index (κ2) is 7.87. The van der Waals surface area contributed by atoms with E-state index in [1.54, 1.807) is 0 Å². The van der Waals surface area contributed by atoms with Gasteiger partial charge in [0.25, 0.3) is 0 Å². The fraction of sp³-hybridized carbons (Fsp3) is 0.318. The van der Waals surface area contributed by atoms with Crippen LogP contribution >= 0.6 is 11.6 Å². The molecule has 5 rings (SSSR count). The number of allylic oxidation sites excluding steroid dienone is 3. The van der Waals surface area contributed by atoms with Crippen LogP contribution < -0.4 is 10.2 Å². The maximum atomic E-state index is 6.35. The van der Waals surface area contributed by atoms with Crippen LogP contribution in [-0.4, -0.2) is 33.3 Å². The van der Waals surface area contributed by atoms with Crippen LogP contribution in [0.5, 0.6) is 0 Å². The van der Waals surface area contributed by atoms with Gasteiger partial charge in [0.15, 0.2) is 5.65 Å². The fourth-order valence-electron chi connectivity index (χ4n) is 3.98. The number of aromatic amines is 1. The first-order valence-electron chi connectivity index (χ1n) is 10.1. The van der Waals surface area contributed by atoms with E-state index < -0.39 is 0 Å². The van der Waals surface area contributed by atoms with Gasteiger partial charge in [-0.1, -0.05) is 54.1 Å². The molecule has 0 atom stereocenters. The van der Waals surface area contributed by atoms with E-state index in [0.29, 0.717) is 5.95 Å². The highest BCUT2D eigenvalue weighted by atomic mass is 35.5. The zero-order valence-corrected chi connectivity index (χ0v) is 16.9. The van der Waals surface area contributed by atoms with Crippen molar-refractivity contribution in [3.8, 4) is 0 Å². The summed E-state index contributed by atoms with van der Waals surface area (Å²) in [5.41, 5.74) is 4.31. The summed E-state index contributed by atoms with van der Waals surface area (Å²) in [6.45, 7) is 2.46. The lowest BCUT2D eigenvalue weighted by Crippen LogP contribution is -2.29. The zero-order chi connectivity index (χ0) is 19.6. The van der Waals surface area contributed by atoms with Gasteiger partial charge in [0, 0.05) is 31.1 Å². The molecule has 1 aliphatic carbocycles. The van der Waals surface area contributed by atoms with Crippen LogP contribution in [0.15, 0.2) is 53.1 Å². The van der Waals surface area contributed by atoms with Crippen molar-refractivity contribution in [1.29, 1.82) is 0 Å². The lowest BCUT2D eigenvalue weighted by atomic mass is 10.0. The molecule has 148 valence electrons. The Hall–Kier alpha value is -2.86. The van der Waals surface area contributed by atoms with Gasteiger partial charge in [-0.2, -0.15) is 15.1 Å². The van der Waals surface area contributed by atoms with Gasteiger partial charge in [0.1, 0.15) is 5.82 Å². The molecular formula is C22H23ClN6. The minimum atomic E-state index is 0.613. The van der Waals surface area contributed by atoms with Crippen molar-refractivity contribution in [3.63, 3.8) is 0 Å². The second-order valence-electron chi connectivity index (χ2n) is 7.48. The summed E-state index contributed by atoms with van der Waals surface area (Å²) in [5, 5.41) is 12.9. The summed E-state index contributed by atoms with van der Waals surface area (Å²) in [7, 11) is 0. The highest BCUT2D eigenvalue weighted by molar-refractivity contribution is 6.30. The van der Waals surface area contributed by atoms with Crippen molar-refractivity contribution in [2.24, 2.45) is 0 Å². The molecule has 0 spiro atoms. The third kappa shape index (κ3) is 3.72. The van der Waals surface area contributed by atoms with Crippen molar-refractivity contribution in [1.82, 2.24) is 20.2 Å². The van der Waals surface area contributed by atoms with E-state index in [9.17, 15) is 0 Å². The summed E-state index contributed by atoms with van der Waals surface area (Å²) < 4.78 is 0. The van der Waals surface area contributed by atoms with E-state index in [-0.39, 0.29) is 0 Å². The minimum absolute atomic E-state index is 0.613. The average molecular weight is 407 g/mol. The predicted octanol–water partition coefficient (Wildman–Crippen LogP) is 4.56. The monoisotopic (exact) mass is 406 g/mol. The van der Waals surface area contributed by atoms with Crippen molar-refractivity contribution in [2.75, 3.05) is 23.3 Å². The van der Waals surface area contributed by atoms with E-state index >= 15 is 0 Å². The highest BCUT2D eigenvalue weighted by Crippen LogP contribution is 2.32. The smallest absolute Gasteiger partial charge is 0.226 e. The van der Waals surface area contributed by atoms with E-state index in [0.717, 1.165) is 72.9 Å². The number of halogens is 1. The summed E-state index contributed by atoms with van der Waals surface area (Å²) in [6.07, 6.45) is 8.04. The van der Waals surface area contributed by atoms with Gasteiger partial charge in [0.05, 0.1) is 11.1 Å². The third-order valence-electron chi connectivity index (χ3n) is 5.49. The van der Waals surface area contributed by atoms with E-state index in [1.165, 1.54) is 11.1 Å². The number of H-pyrrole nitrogens is 1. The maximum Gasteiger partial charge on any atom is 0.226 e. The Labute approximate surface area is 174 Å². The van der Waals surface area contributed by atoms with Gasteiger partial charge in [-0.15, -0.1) is 0 Å². The summed E-state index contributed by atoms with van der Waals surface area (Å²) in [6, 6.07) is 10.5. The van der Waals surface area contributed by atoms with Crippen LogP contribution in [0.25, 0.3) is 11.0 Å². The number of anilines is 2. The number of aromatic nitrogens is 4. The van der Waals surface area contributed by atoms with Crippen molar-refractivity contribution < 1.29 is 0 Å². The first-order valence-corrected chi connectivity index (χ1v) is 10.5. The molecule has 2 aliphatic rings. The van der Waals surface area contributed by atoms with E-state index in [4.69, 9.17) is 16.6 Å². The van der Waals surface area contributed by atoms with Gasteiger partial charge >= 0.3 is 0 Å². The van der Waals surface area contributed by atoms with E-state index in [1.807, 2.05) is 6.07 Å². The molecule has 3 heterocycles. The molecule has 0 saturated carbocycles. The van der Waals surface area contributed by atoms with Gasteiger partial charge in [-0.05, 0) is 30.4 Å². The van der Waals surface area contributed by atoms with E-state index in [2.05, 4.69) is 61.8 Å².